The largest absolute Gasteiger partial charge is 0.506 e. The number of nitriles is 1. The number of aromatic amines is 1. The fourth-order valence-electron chi connectivity index (χ4n) is 3.34. The third-order valence-corrected chi connectivity index (χ3v) is 4.89. The zero-order chi connectivity index (χ0) is 18.4. The number of nitrogens with zero attached hydrogens (tertiary/aromatic N) is 2. The summed E-state index contributed by atoms with van der Waals surface area (Å²) in [6, 6.07) is 15.4. The number of hydrogen-bond donors (Lipinski definition) is 2. The van der Waals surface area contributed by atoms with Gasteiger partial charge in [0.2, 0.25) is 0 Å². The van der Waals surface area contributed by atoms with E-state index in [1.165, 1.54) is 4.40 Å². The molecule has 26 heavy (non-hydrogen) atoms. The lowest BCUT2D eigenvalue weighted by molar-refractivity contribution is 0.466. The van der Waals surface area contributed by atoms with Crippen LogP contribution in [0.5, 0.6) is 5.75 Å². The Kier molecular flexibility index (Phi) is 3.55. The molecule has 2 N–H and O–H groups in total. The molecule has 4 aromatic rings. The first kappa shape index (κ1) is 16.0. The lowest BCUT2D eigenvalue weighted by atomic mass is 10.0. The van der Waals surface area contributed by atoms with E-state index < -0.39 is 0 Å². The number of nitrogens with one attached hydrogen (secondary N) is 1. The van der Waals surface area contributed by atoms with Crippen molar-refractivity contribution < 1.29 is 5.11 Å². The van der Waals surface area contributed by atoms with E-state index in [4.69, 9.17) is 0 Å². The van der Waals surface area contributed by atoms with Crippen LogP contribution < -0.4 is 5.56 Å². The molecule has 0 atom stereocenters. The van der Waals surface area contributed by atoms with Crippen molar-refractivity contribution in [2.24, 2.45) is 0 Å². The maximum absolute atomic E-state index is 13.2. The molecule has 5 nitrogen and oxygen atoms in total. The Labute approximate surface area is 149 Å². The highest BCUT2D eigenvalue weighted by Crippen LogP contribution is 2.28. The Bertz CT molecular complexity index is 1260. The average molecular weight is 343 g/mol. The Morgan fingerprint density at radius 1 is 1.15 bits per heavy atom. The van der Waals surface area contributed by atoms with Gasteiger partial charge in [0.15, 0.2) is 0 Å². The molecule has 0 aliphatic heterocycles. The van der Waals surface area contributed by atoms with Gasteiger partial charge >= 0.3 is 0 Å². The summed E-state index contributed by atoms with van der Waals surface area (Å²) >= 11 is 0. The zero-order valence-electron chi connectivity index (χ0n) is 14.5. The van der Waals surface area contributed by atoms with Crippen LogP contribution in [0.4, 0.5) is 0 Å². The Hall–Kier alpha value is -3.52. The number of fused-ring (bicyclic) bond motifs is 3. The van der Waals surface area contributed by atoms with Gasteiger partial charge in [0.05, 0.1) is 16.6 Å². The van der Waals surface area contributed by atoms with Gasteiger partial charge in [-0.25, -0.2) is 0 Å². The summed E-state index contributed by atoms with van der Waals surface area (Å²) in [6.07, 6.45) is 0.265. The predicted octanol–water partition coefficient (Wildman–Crippen LogP) is 3.57. The van der Waals surface area contributed by atoms with Gasteiger partial charge < -0.3 is 10.1 Å². The van der Waals surface area contributed by atoms with Crippen molar-refractivity contribution in [2.45, 2.75) is 20.3 Å². The molecule has 0 saturated heterocycles. The molecule has 0 amide bonds. The first-order chi connectivity index (χ1) is 12.5. The van der Waals surface area contributed by atoms with E-state index in [0.717, 1.165) is 22.2 Å². The standard InChI is InChI=1S/C21H17N3O2/c1-12-8-17-18(9-13(12)2)24-20(23-17)16(11-22)19(25)15(21(24)26)10-14-6-4-3-5-7-14/h3-9,23,25H,10H2,1-2H3. The summed E-state index contributed by atoms with van der Waals surface area (Å²) in [7, 11) is 0. The summed E-state index contributed by atoms with van der Waals surface area (Å²) < 4.78 is 1.50. The molecular weight excluding hydrogens is 326 g/mol. The molecule has 4 rings (SSSR count). The number of pyridine rings is 1. The number of aryl methyl sites for hydroxylation is 2. The predicted molar refractivity (Wildman–Crippen MR) is 101 cm³/mol. The number of aromatic hydroxyl groups is 1. The minimum Gasteiger partial charge on any atom is -0.506 e. The van der Waals surface area contributed by atoms with Crippen molar-refractivity contribution >= 4 is 16.7 Å². The van der Waals surface area contributed by atoms with E-state index in [-0.39, 0.29) is 28.9 Å². The second-order valence-electron chi connectivity index (χ2n) is 6.54. The van der Waals surface area contributed by atoms with E-state index in [9.17, 15) is 15.2 Å². The Morgan fingerprint density at radius 3 is 2.54 bits per heavy atom. The minimum atomic E-state index is -0.310. The molecule has 128 valence electrons. The first-order valence-corrected chi connectivity index (χ1v) is 8.34. The third kappa shape index (κ3) is 2.27. The highest BCUT2D eigenvalue weighted by atomic mass is 16.3. The van der Waals surface area contributed by atoms with Crippen molar-refractivity contribution in [1.29, 1.82) is 5.26 Å². The zero-order valence-corrected chi connectivity index (χ0v) is 14.5. The molecule has 0 fully saturated rings. The van der Waals surface area contributed by atoms with Gasteiger partial charge in [-0.2, -0.15) is 5.26 Å². The van der Waals surface area contributed by atoms with Crippen molar-refractivity contribution in [1.82, 2.24) is 9.38 Å². The highest BCUT2D eigenvalue weighted by molar-refractivity contribution is 5.85. The van der Waals surface area contributed by atoms with Gasteiger partial charge in [-0.05, 0) is 42.7 Å². The number of benzene rings is 2. The molecule has 2 heterocycles. The van der Waals surface area contributed by atoms with Gasteiger partial charge in [0.1, 0.15) is 23.0 Å². The van der Waals surface area contributed by atoms with E-state index >= 15 is 0 Å². The van der Waals surface area contributed by atoms with Gasteiger partial charge in [-0.15, -0.1) is 0 Å². The number of hydrogen-bond acceptors (Lipinski definition) is 3. The Morgan fingerprint density at radius 2 is 1.85 bits per heavy atom. The molecule has 0 spiro atoms. The average Bonchev–Trinajstić information content (AvgIpc) is 2.98. The van der Waals surface area contributed by atoms with Crippen LogP contribution in [0, 0.1) is 25.2 Å². The third-order valence-electron chi connectivity index (χ3n) is 4.89. The highest BCUT2D eigenvalue weighted by Gasteiger charge is 2.21. The first-order valence-electron chi connectivity index (χ1n) is 8.34. The molecule has 2 aromatic carbocycles. The second kappa shape index (κ2) is 5.78. The molecule has 0 aliphatic rings. The second-order valence-corrected chi connectivity index (χ2v) is 6.54. The van der Waals surface area contributed by atoms with Gasteiger partial charge in [-0.1, -0.05) is 30.3 Å². The van der Waals surface area contributed by atoms with Crippen LogP contribution in [0.15, 0.2) is 47.3 Å². The van der Waals surface area contributed by atoms with E-state index in [0.29, 0.717) is 11.2 Å². The number of imidazole rings is 1. The monoisotopic (exact) mass is 343 g/mol. The van der Waals surface area contributed by atoms with Crippen LogP contribution in [-0.4, -0.2) is 14.5 Å². The quantitative estimate of drug-likeness (QED) is 0.584. The van der Waals surface area contributed by atoms with Crippen molar-refractivity contribution in [3.63, 3.8) is 0 Å². The molecule has 0 saturated carbocycles. The van der Waals surface area contributed by atoms with Gasteiger partial charge in [0.25, 0.3) is 5.56 Å². The maximum atomic E-state index is 13.2. The van der Waals surface area contributed by atoms with Crippen molar-refractivity contribution in [3.05, 3.63) is 80.6 Å². The van der Waals surface area contributed by atoms with Crippen LogP contribution in [-0.2, 0) is 6.42 Å². The van der Waals surface area contributed by atoms with Gasteiger partial charge in [-0.3, -0.25) is 9.20 Å². The summed E-state index contributed by atoms with van der Waals surface area (Å²) in [5.74, 6) is -0.249. The fourth-order valence-corrected chi connectivity index (χ4v) is 3.34. The minimum absolute atomic E-state index is 0.0852. The van der Waals surface area contributed by atoms with E-state index in [1.807, 2.05) is 62.4 Å². The molecule has 2 aromatic heterocycles. The normalized spacial score (nSPS) is 11.1. The van der Waals surface area contributed by atoms with Crippen LogP contribution in [0.25, 0.3) is 16.7 Å². The van der Waals surface area contributed by atoms with Gasteiger partial charge in [0, 0.05) is 6.42 Å². The number of H-pyrrole nitrogens is 1. The van der Waals surface area contributed by atoms with Crippen LogP contribution >= 0.6 is 0 Å². The fraction of sp³-hybridized carbons (Fsp3) is 0.143. The SMILES string of the molecule is Cc1cc2[nH]c3c(C#N)c(O)c(Cc4ccccc4)c(=O)n3c2cc1C. The maximum Gasteiger partial charge on any atom is 0.264 e. The van der Waals surface area contributed by atoms with Crippen molar-refractivity contribution in [3.8, 4) is 11.8 Å². The summed E-state index contributed by atoms with van der Waals surface area (Å²) in [6.45, 7) is 3.97. The van der Waals surface area contributed by atoms with E-state index in [2.05, 4.69) is 4.98 Å². The smallest absolute Gasteiger partial charge is 0.264 e. The van der Waals surface area contributed by atoms with Crippen molar-refractivity contribution in [2.75, 3.05) is 0 Å². The topological polar surface area (TPSA) is 81.3 Å². The lowest BCUT2D eigenvalue weighted by Crippen LogP contribution is -2.19. The summed E-state index contributed by atoms with van der Waals surface area (Å²) in [5.41, 5.74) is 4.84. The summed E-state index contributed by atoms with van der Waals surface area (Å²) in [5, 5.41) is 20.2. The molecule has 0 bridgehead atoms. The van der Waals surface area contributed by atoms with Crippen LogP contribution in [0.3, 0.4) is 0 Å². The van der Waals surface area contributed by atoms with Crippen LogP contribution in [0.2, 0.25) is 0 Å². The molecular formula is C21H17N3O2. The van der Waals surface area contributed by atoms with E-state index in [1.54, 1.807) is 0 Å². The number of aromatic nitrogens is 2. The molecule has 0 unspecified atom stereocenters. The molecule has 5 heteroatoms. The Balaban J connectivity index is 2.11. The summed E-state index contributed by atoms with van der Waals surface area (Å²) in [4.78, 5) is 16.3. The number of rotatable bonds is 2. The molecule has 0 radical (unpaired) electrons. The van der Waals surface area contributed by atoms with Crippen LogP contribution in [0.1, 0.15) is 27.8 Å². The lowest BCUT2D eigenvalue weighted by Gasteiger charge is -2.08. The molecule has 0 aliphatic carbocycles.